The van der Waals surface area contributed by atoms with E-state index in [9.17, 15) is 5.11 Å². The molecule has 1 heterocycles. The third-order valence-electron chi connectivity index (χ3n) is 4.30. The van der Waals surface area contributed by atoms with E-state index in [0.717, 1.165) is 44.9 Å². The van der Waals surface area contributed by atoms with E-state index in [0.29, 0.717) is 12.6 Å². The summed E-state index contributed by atoms with van der Waals surface area (Å²) in [6.45, 7) is 11.8. The summed E-state index contributed by atoms with van der Waals surface area (Å²) >= 11 is 0. The fourth-order valence-electron chi connectivity index (χ4n) is 2.89. The summed E-state index contributed by atoms with van der Waals surface area (Å²) in [5.74, 6) is 0.891. The van der Waals surface area contributed by atoms with Gasteiger partial charge in [0.2, 0.25) is 0 Å². The zero-order valence-corrected chi connectivity index (χ0v) is 13.6. The Morgan fingerprint density at radius 1 is 1.23 bits per heavy atom. The summed E-state index contributed by atoms with van der Waals surface area (Å²) < 4.78 is 5.50. The average Bonchev–Trinajstić information content (AvgIpc) is 2.57. The number of rotatable bonds is 8. The fourth-order valence-corrected chi connectivity index (χ4v) is 2.89. The van der Waals surface area contributed by atoms with Crippen molar-refractivity contribution in [2.45, 2.75) is 25.9 Å². The molecule has 1 saturated heterocycles. The van der Waals surface area contributed by atoms with Gasteiger partial charge >= 0.3 is 0 Å². The molecular weight excluding hydrogens is 276 g/mol. The highest BCUT2D eigenvalue weighted by Gasteiger charge is 2.22. The maximum atomic E-state index is 9.39. The van der Waals surface area contributed by atoms with Crippen molar-refractivity contribution in [3.8, 4) is 5.75 Å². The highest BCUT2D eigenvalue weighted by Crippen LogP contribution is 2.15. The standard InChI is InChI=1S/C18H28N2O2/c1-3-13-22-18-7-5-16(6-8-18)14-19-9-11-20(12-10-19)17(4-2)15-21/h3,5-8,17,21H,1,4,9-15H2,2H3. The third kappa shape index (κ3) is 4.83. The van der Waals surface area contributed by atoms with E-state index < -0.39 is 0 Å². The molecule has 0 aromatic heterocycles. The Morgan fingerprint density at radius 2 is 1.91 bits per heavy atom. The second-order valence-corrected chi connectivity index (χ2v) is 5.80. The Bertz CT molecular complexity index is 435. The molecule has 1 aromatic rings. The van der Waals surface area contributed by atoms with Gasteiger partial charge in [0.15, 0.2) is 0 Å². The Hall–Kier alpha value is -1.36. The molecule has 1 aliphatic heterocycles. The molecule has 4 nitrogen and oxygen atoms in total. The monoisotopic (exact) mass is 304 g/mol. The zero-order valence-electron chi connectivity index (χ0n) is 13.6. The predicted molar refractivity (Wildman–Crippen MR) is 90.1 cm³/mol. The van der Waals surface area contributed by atoms with Gasteiger partial charge in [0.05, 0.1) is 6.61 Å². The molecule has 4 heteroatoms. The first-order chi connectivity index (χ1) is 10.8. The summed E-state index contributed by atoms with van der Waals surface area (Å²) in [5.41, 5.74) is 1.31. The number of benzene rings is 1. The van der Waals surface area contributed by atoms with Crippen molar-refractivity contribution < 1.29 is 9.84 Å². The van der Waals surface area contributed by atoms with Gasteiger partial charge in [-0.05, 0) is 24.1 Å². The molecule has 1 fully saturated rings. The minimum Gasteiger partial charge on any atom is -0.490 e. The van der Waals surface area contributed by atoms with E-state index in [1.54, 1.807) is 6.08 Å². The van der Waals surface area contributed by atoms with E-state index in [1.807, 2.05) is 12.1 Å². The molecule has 1 aromatic carbocycles. The van der Waals surface area contributed by atoms with Crippen LogP contribution < -0.4 is 4.74 Å². The van der Waals surface area contributed by atoms with Gasteiger partial charge in [-0.3, -0.25) is 9.80 Å². The molecular formula is C18H28N2O2. The van der Waals surface area contributed by atoms with Crippen LogP contribution in [0.15, 0.2) is 36.9 Å². The molecule has 0 saturated carbocycles. The molecule has 0 spiro atoms. The quantitative estimate of drug-likeness (QED) is 0.747. The van der Waals surface area contributed by atoms with E-state index in [4.69, 9.17) is 4.74 Å². The highest BCUT2D eigenvalue weighted by molar-refractivity contribution is 5.27. The van der Waals surface area contributed by atoms with E-state index in [2.05, 4.69) is 35.4 Å². The molecule has 0 radical (unpaired) electrons. The SMILES string of the molecule is C=CCOc1ccc(CN2CCN(C(CC)CO)CC2)cc1. The number of ether oxygens (including phenoxy) is 1. The lowest BCUT2D eigenvalue weighted by atomic mass is 10.1. The molecule has 2 rings (SSSR count). The number of aliphatic hydroxyl groups excluding tert-OH is 1. The maximum Gasteiger partial charge on any atom is 0.119 e. The second-order valence-electron chi connectivity index (χ2n) is 5.80. The topological polar surface area (TPSA) is 35.9 Å². The number of hydrogen-bond donors (Lipinski definition) is 1. The summed E-state index contributed by atoms with van der Waals surface area (Å²) in [6.07, 6.45) is 2.77. The summed E-state index contributed by atoms with van der Waals surface area (Å²) in [4.78, 5) is 4.88. The minimum absolute atomic E-state index is 0.267. The van der Waals surface area contributed by atoms with Gasteiger partial charge in [-0.25, -0.2) is 0 Å². The lowest BCUT2D eigenvalue weighted by Crippen LogP contribution is -2.50. The van der Waals surface area contributed by atoms with Crippen molar-refractivity contribution in [2.75, 3.05) is 39.4 Å². The first-order valence-electron chi connectivity index (χ1n) is 8.16. The predicted octanol–water partition coefficient (Wildman–Crippen LogP) is 2.14. The lowest BCUT2D eigenvalue weighted by molar-refractivity contribution is 0.0608. The molecule has 0 bridgehead atoms. The van der Waals surface area contributed by atoms with Crippen molar-refractivity contribution in [3.05, 3.63) is 42.5 Å². The maximum absolute atomic E-state index is 9.39. The summed E-state index contributed by atoms with van der Waals surface area (Å²) in [5, 5.41) is 9.39. The van der Waals surface area contributed by atoms with Crippen LogP contribution in [0.1, 0.15) is 18.9 Å². The van der Waals surface area contributed by atoms with Crippen LogP contribution in [0.3, 0.4) is 0 Å². The Kier molecular flexibility index (Phi) is 6.90. The van der Waals surface area contributed by atoms with E-state index in [1.165, 1.54) is 5.56 Å². The van der Waals surface area contributed by atoms with Crippen LogP contribution in [-0.4, -0.2) is 60.3 Å². The van der Waals surface area contributed by atoms with Crippen molar-refractivity contribution in [3.63, 3.8) is 0 Å². The molecule has 1 unspecified atom stereocenters. The van der Waals surface area contributed by atoms with E-state index >= 15 is 0 Å². The fraction of sp³-hybridized carbons (Fsp3) is 0.556. The van der Waals surface area contributed by atoms with Gasteiger partial charge in [-0.1, -0.05) is 31.7 Å². The molecule has 1 atom stereocenters. The van der Waals surface area contributed by atoms with Gasteiger partial charge in [0.25, 0.3) is 0 Å². The van der Waals surface area contributed by atoms with Crippen LogP contribution >= 0.6 is 0 Å². The summed E-state index contributed by atoms with van der Waals surface area (Å²) in [6, 6.07) is 8.63. The minimum atomic E-state index is 0.267. The highest BCUT2D eigenvalue weighted by atomic mass is 16.5. The van der Waals surface area contributed by atoms with Crippen LogP contribution in [0, 0.1) is 0 Å². The average molecular weight is 304 g/mol. The Balaban J connectivity index is 1.79. The van der Waals surface area contributed by atoms with Crippen molar-refractivity contribution in [1.29, 1.82) is 0 Å². The molecule has 122 valence electrons. The van der Waals surface area contributed by atoms with Crippen LogP contribution in [0.2, 0.25) is 0 Å². The van der Waals surface area contributed by atoms with Gasteiger partial charge in [-0.15, -0.1) is 0 Å². The third-order valence-corrected chi connectivity index (χ3v) is 4.30. The molecule has 22 heavy (non-hydrogen) atoms. The largest absolute Gasteiger partial charge is 0.490 e. The van der Waals surface area contributed by atoms with Gasteiger partial charge in [0, 0.05) is 38.8 Å². The van der Waals surface area contributed by atoms with Gasteiger partial charge < -0.3 is 9.84 Å². The van der Waals surface area contributed by atoms with E-state index in [-0.39, 0.29) is 6.61 Å². The Labute approximate surface area is 134 Å². The number of piperazine rings is 1. The molecule has 0 amide bonds. The van der Waals surface area contributed by atoms with Crippen LogP contribution in [-0.2, 0) is 6.54 Å². The zero-order chi connectivity index (χ0) is 15.8. The first kappa shape index (κ1) is 17.0. The number of aliphatic hydroxyl groups is 1. The first-order valence-corrected chi connectivity index (χ1v) is 8.16. The Morgan fingerprint density at radius 3 is 2.45 bits per heavy atom. The molecule has 1 aliphatic rings. The number of hydrogen-bond acceptors (Lipinski definition) is 4. The number of nitrogens with zero attached hydrogens (tertiary/aromatic N) is 2. The summed E-state index contributed by atoms with van der Waals surface area (Å²) in [7, 11) is 0. The molecule has 1 N–H and O–H groups in total. The van der Waals surface area contributed by atoms with Crippen LogP contribution in [0.25, 0.3) is 0 Å². The van der Waals surface area contributed by atoms with Gasteiger partial charge in [-0.2, -0.15) is 0 Å². The van der Waals surface area contributed by atoms with Crippen molar-refractivity contribution in [2.24, 2.45) is 0 Å². The normalized spacial score (nSPS) is 18.1. The van der Waals surface area contributed by atoms with Crippen LogP contribution in [0.5, 0.6) is 5.75 Å². The van der Waals surface area contributed by atoms with Crippen molar-refractivity contribution >= 4 is 0 Å². The van der Waals surface area contributed by atoms with Gasteiger partial charge in [0.1, 0.15) is 12.4 Å². The lowest BCUT2D eigenvalue weighted by Gasteiger charge is -2.38. The molecule has 0 aliphatic carbocycles. The van der Waals surface area contributed by atoms with Crippen LogP contribution in [0.4, 0.5) is 0 Å². The smallest absolute Gasteiger partial charge is 0.119 e. The second kappa shape index (κ2) is 8.93. The van der Waals surface area contributed by atoms with Crippen molar-refractivity contribution in [1.82, 2.24) is 9.80 Å².